The van der Waals surface area contributed by atoms with Crippen molar-refractivity contribution in [1.29, 1.82) is 0 Å². The van der Waals surface area contributed by atoms with Gasteiger partial charge in [0.15, 0.2) is 6.29 Å². The molecule has 1 aliphatic heterocycles. The number of carbonyl (C=O) groups excluding carboxylic acids is 4. The van der Waals surface area contributed by atoms with E-state index in [1.54, 1.807) is 27.8 Å². The Morgan fingerprint density at radius 3 is 1.88 bits per heavy atom. The Labute approximate surface area is 147 Å². The number of hydrogen-bond donors (Lipinski definition) is 0. The first kappa shape index (κ1) is 18.8. The second-order valence-corrected chi connectivity index (χ2v) is 8.25. The van der Waals surface area contributed by atoms with Crippen LogP contribution >= 0.6 is 0 Å². The zero-order valence-electron chi connectivity index (χ0n) is 15.8. The summed E-state index contributed by atoms with van der Waals surface area (Å²) in [7, 11) is 1.64. The summed E-state index contributed by atoms with van der Waals surface area (Å²) < 4.78 is 0. The van der Waals surface area contributed by atoms with Crippen LogP contribution in [0.15, 0.2) is 12.1 Å². The third kappa shape index (κ3) is 3.08. The molecule has 134 valence electrons. The molecule has 0 saturated heterocycles. The van der Waals surface area contributed by atoms with E-state index in [2.05, 4.69) is 0 Å². The summed E-state index contributed by atoms with van der Waals surface area (Å²) in [5.41, 5.74) is -0.581. The Morgan fingerprint density at radius 1 is 1.00 bits per heavy atom. The van der Waals surface area contributed by atoms with E-state index in [1.807, 2.05) is 20.8 Å². The second-order valence-electron chi connectivity index (χ2n) is 8.25. The molecule has 3 amide bonds. The molecule has 1 aromatic rings. The lowest BCUT2D eigenvalue weighted by Gasteiger charge is -2.32. The van der Waals surface area contributed by atoms with Gasteiger partial charge in [0, 0.05) is 23.7 Å². The van der Waals surface area contributed by atoms with Crippen molar-refractivity contribution >= 4 is 24.0 Å². The minimum absolute atomic E-state index is 0.108. The summed E-state index contributed by atoms with van der Waals surface area (Å²) in [4.78, 5) is 52.2. The van der Waals surface area contributed by atoms with Crippen LogP contribution in [0.25, 0.3) is 0 Å². The molecular weight excluding hydrogens is 320 g/mol. The molecule has 0 aromatic heterocycles. The molecule has 0 bridgehead atoms. The van der Waals surface area contributed by atoms with Crippen LogP contribution in [-0.2, 0) is 0 Å². The number of carbonyl (C=O) groups is 4. The minimum Gasteiger partial charge on any atom is -0.337 e. The van der Waals surface area contributed by atoms with Crippen molar-refractivity contribution in [3.63, 3.8) is 0 Å². The Morgan fingerprint density at radius 2 is 1.48 bits per heavy atom. The van der Waals surface area contributed by atoms with E-state index in [0.29, 0.717) is 6.29 Å². The number of imide groups is 1. The quantitative estimate of drug-likeness (QED) is 0.611. The first-order chi connectivity index (χ1) is 11.3. The maximum absolute atomic E-state index is 12.8. The van der Waals surface area contributed by atoms with Crippen LogP contribution in [0.2, 0.25) is 0 Å². The van der Waals surface area contributed by atoms with Gasteiger partial charge in [-0.25, -0.2) is 0 Å². The van der Waals surface area contributed by atoms with Gasteiger partial charge in [0.2, 0.25) is 0 Å². The van der Waals surface area contributed by atoms with Crippen LogP contribution in [0.4, 0.5) is 0 Å². The molecule has 1 heterocycles. The molecular formula is C19H24N2O4. The number of amides is 3. The van der Waals surface area contributed by atoms with Crippen molar-refractivity contribution in [1.82, 2.24) is 9.80 Å². The maximum atomic E-state index is 12.8. The highest BCUT2D eigenvalue weighted by Gasteiger charge is 2.43. The smallest absolute Gasteiger partial charge is 0.262 e. The van der Waals surface area contributed by atoms with E-state index in [1.165, 1.54) is 17.0 Å². The lowest BCUT2D eigenvalue weighted by atomic mass is 9.97. The molecule has 0 N–H and O–H groups in total. The Bertz CT molecular complexity index is 782. The molecule has 0 atom stereocenters. The summed E-state index contributed by atoms with van der Waals surface area (Å²) in [5.74, 6) is -1.26. The van der Waals surface area contributed by atoms with Crippen LogP contribution in [0, 0.1) is 0 Å². The maximum Gasteiger partial charge on any atom is 0.262 e. The first-order valence-corrected chi connectivity index (χ1v) is 8.11. The fraction of sp³-hybridized carbons (Fsp3) is 0.474. The minimum atomic E-state index is -0.694. The Hall–Kier alpha value is -2.50. The Kier molecular flexibility index (Phi) is 4.36. The summed E-state index contributed by atoms with van der Waals surface area (Å²) in [5, 5.41) is 0. The molecule has 2 rings (SSSR count). The van der Waals surface area contributed by atoms with Gasteiger partial charge in [0.05, 0.1) is 16.7 Å². The van der Waals surface area contributed by atoms with Crippen molar-refractivity contribution in [3.8, 4) is 0 Å². The van der Waals surface area contributed by atoms with Gasteiger partial charge in [-0.15, -0.1) is 0 Å². The van der Waals surface area contributed by atoms with E-state index in [4.69, 9.17) is 0 Å². The molecule has 25 heavy (non-hydrogen) atoms. The number of rotatable bonds is 2. The van der Waals surface area contributed by atoms with E-state index < -0.39 is 22.9 Å². The number of fused-ring (bicyclic) bond motifs is 1. The van der Waals surface area contributed by atoms with Gasteiger partial charge in [-0.1, -0.05) is 0 Å². The predicted octanol–water partition coefficient (Wildman–Crippen LogP) is 2.76. The molecule has 0 saturated carbocycles. The van der Waals surface area contributed by atoms with Gasteiger partial charge < -0.3 is 4.90 Å². The van der Waals surface area contributed by atoms with Gasteiger partial charge in [0.1, 0.15) is 0 Å². The van der Waals surface area contributed by atoms with Crippen LogP contribution < -0.4 is 0 Å². The van der Waals surface area contributed by atoms with Crippen molar-refractivity contribution in [2.45, 2.75) is 52.6 Å². The van der Waals surface area contributed by atoms with Gasteiger partial charge >= 0.3 is 0 Å². The van der Waals surface area contributed by atoms with Crippen LogP contribution in [0.3, 0.4) is 0 Å². The highest BCUT2D eigenvalue weighted by Crippen LogP contribution is 2.31. The van der Waals surface area contributed by atoms with Gasteiger partial charge in [-0.3, -0.25) is 24.1 Å². The molecule has 0 radical (unpaired) electrons. The van der Waals surface area contributed by atoms with Crippen molar-refractivity contribution in [3.05, 3.63) is 34.4 Å². The average molecular weight is 344 g/mol. The van der Waals surface area contributed by atoms with E-state index in [0.717, 1.165) is 4.90 Å². The summed E-state index contributed by atoms with van der Waals surface area (Å²) in [6.07, 6.45) is 0.543. The summed E-state index contributed by atoms with van der Waals surface area (Å²) in [6.45, 7) is 10.9. The highest BCUT2D eigenvalue weighted by molar-refractivity contribution is 6.23. The van der Waals surface area contributed by atoms with E-state index >= 15 is 0 Å². The van der Waals surface area contributed by atoms with Crippen molar-refractivity contribution in [2.75, 3.05) is 7.05 Å². The predicted molar refractivity (Wildman–Crippen MR) is 93.9 cm³/mol. The van der Waals surface area contributed by atoms with Crippen LogP contribution in [-0.4, -0.2) is 51.9 Å². The summed E-state index contributed by atoms with van der Waals surface area (Å²) >= 11 is 0. The van der Waals surface area contributed by atoms with Crippen molar-refractivity contribution in [2.24, 2.45) is 0 Å². The molecule has 6 nitrogen and oxygen atoms in total. The average Bonchev–Trinajstić information content (AvgIpc) is 2.74. The monoisotopic (exact) mass is 344 g/mol. The molecule has 6 heteroatoms. The lowest BCUT2D eigenvalue weighted by molar-refractivity contribution is 0.0507. The molecule has 0 aliphatic carbocycles. The third-order valence-electron chi connectivity index (χ3n) is 4.40. The van der Waals surface area contributed by atoms with Gasteiger partial charge in [-0.05, 0) is 53.7 Å². The van der Waals surface area contributed by atoms with Crippen molar-refractivity contribution < 1.29 is 19.2 Å². The fourth-order valence-corrected chi connectivity index (χ4v) is 2.68. The number of aldehydes is 1. The first-order valence-electron chi connectivity index (χ1n) is 8.11. The normalized spacial score (nSPS) is 14.6. The largest absolute Gasteiger partial charge is 0.337 e. The van der Waals surface area contributed by atoms with Crippen LogP contribution in [0.1, 0.15) is 83.0 Å². The molecule has 0 unspecified atom stereocenters. The second kappa shape index (κ2) is 5.79. The van der Waals surface area contributed by atoms with Gasteiger partial charge in [-0.2, -0.15) is 0 Å². The van der Waals surface area contributed by atoms with E-state index in [-0.39, 0.29) is 28.2 Å². The number of nitrogens with zero attached hydrogens (tertiary/aromatic N) is 2. The topological polar surface area (TPSA) is 74.8 Å². The Balaban J connectivity index is 2.62. The SMILES string of the molecule is CN(C(=O)c1cc2c(cc1C=O)C(=O)N(C(C)(C)C)C2=O)C(C)(C)C. The number of hydrogen-bond acceptors (Lipinski definition) is 4. The molecule has 1 aromatic carbocycles. The van der Waals surface area contributed by atoms with E-state index in [9.17, 15) is 19.2 Å². The van der Waals surface area contributed by atoms with Crippen LogP contribution in [0.5, 0.6) is 0 Å². The van der Waals surface area contributed by atoms with Gasteiger partial charge in [0.25, 0.3) is 17.7 Å². The standard InChI is InChI=1S/C19H24N2O4/c1-18(2,3)20(7)15(23)12-9-14-13(8-11(12)10-22)16(24)21(17(14)25)19(4,5)6/h8-10H,1-7H3. The fourth-order valence-electron chi connectivity index (χ4n) is 2.68. The zero-order valence-corrected chi connectivity index (χ0v) is 15.8. The number of benzene rings is 1. The third-order valence-corrected chi connectivity index (χ3v) is 4.40. The molecule has 0 fully saturated rings. The lowest BCUT2D eigenvalue weighted by Crippen LogP contribution is -2.45. The highest BCUT2D eigenvalue weighted by atomic mass is 16.2. The molecule has 0 spiro atoms. The zero-order chi connectivity index (χ0) is 19.3. The summed E-state index contributed by atoms with van der Waals surface area (Å²) in [6, 6.07) is 2.72. The molecule has 1 aliphatic rings.